The third-order valence-corrected chi connectivity index (χ3v) is 6.25. The summed E-state index contributed by atoms with van der Waals surface area (Å²) in [5.41, 5.74) is 2.93. The minimum Gasteiger partial charge on any atom is -0.459 e. The van der Waals surface area contributed by atoms with Crippen molar-refractivity contribution in [3.05, 3.63) is 46.1 Å². The summed E-state index contributed by atoms with van der Waals surface area (Å²) >= 11 is 7.62. The van der Waals surface area contributed by atoms with Crippen molar-refractivity contribution >= 4 is 35.1 Å². The number of halogens is 4. The van der Waals surface area contributed by atoms with Crippen LogP contribution in [0, 0.1) is 6.92 Å². The maximum Gasteiger partial charge on any atom is 0.490 e. The van der Waals surface area contributed by atoms with Gasteiger partial charge in [-0.3, -0.25) is 4.68 Å². The van der Waals surface area contributed by atoms with Crippen LogP contribution in [0.25, 0.3) is 0 Å². The first-order valence-corrected chi connectivity index (χ1v) is 9.91. The lowest BCUT2D eigenvalue weighted by Gasteiger charge is -2.21. The lowest BCUT2D eigenvalue weighted by Crippen LogP contribution is -2.27. The van der Waals surface area contributed by atoms with E-state index in [0.717, 1.165) is 22.6 Å². The predicted molar refractivity (Wildman–Crippen MR) is 103 cm³/mol. The fourth-order valence-corrected chi connectivity index (χ4v) is 4.79. The van der Waals surface area contributed by atoms with Gasteiger partial charge in [0.25, 0.3) is 0 Å². The number of aromatic nitrogens is 2. The SMILES string of the molecule is Cc1nn(C)c2c1C(c1ccc(Cl)cc1)SC(CCOC(=O)C(F)(F)F)CN2. The number of thioether (sulfide) groups is 1. The van der Waals surface area contributed by atoms with Gasteiger partial charge in [0.2, 0.25) is 0 Å². The number of nitrogens with zero attached hydrogens (tertiary/aromatic N) is 2. The Morgan fingerprint density at radius 3 is 2.71 bits per heavy atom. The number of esters is 1. The first kappa shape index (κ1) is 20.9. The van der Waals surface area contributed by atoms with Gasteiger partial charge in [0.1, 0.15) is 5.82 Å². The molecule has 1 aromatic heterocycles. The van der Waals surface area contributed by atoms with Crippen LogP contribution < -0.4 is 5.32 Å². The van der Waals surface area contributed by atoms with E-state index < -0.39 is 12.1 Å². The van der Waals surface area contributed by atoms with Gasteiger partial charge >= 0.3 is 12.1 Å². The number of anilines is 1. The Labute approximate surface area is 169 Å². The number of ether oxygens (including phenoxy) is 1. The van der Waals surface area contributed by atoms with Gasteiger partial charge in [-0.1, -0.05) is 23.7 Å². The summed E-state index contributed by atoms with van der Waals surface area (Å²) in [5, 5.41) is 8.31. The van der Waals surface area contributed by atoms with Crippen LogP contribution in [0.2, 0.25) is 5.02 Å². The van der Waals surface area contributed by atoms with Gasteiger partial charge in [-0.2, -0.15) is 18.3 Å². The number of carbonyl (C=O) groups is 1. The molecule has 152 valence electrons. The van der Waals surface area contributed by atoms with Crippen LogP contribution >= 0.6 is 23.4 Å². The zero-order valence-corrected chi connectivity index (χ0v) is 16.8. The molecule has 10 heteroatoms. The van der Waals surface area contributed by atoms with Gasteiger partial charge < -0.3 is 10.1 Å². The maximum atomic E-state index is 12.3. The second-order valence-corrected chi connectivity index (χ2v) is 8.31. The van der Waals surface area contributed by atoms with E-state index in [1.54, 1.807) is 28.6 Å². The molecule has 0 spiro atoms. The average molecular weight is 434 g/mol. The van der Waals surface area contributed by atoms with E-state index in [1.807, 2.05) is 26.1 Å². The number of aryl methyl sites for hydroxylation is 2. The molecule has 0 saturated heterocycles. The Bertz CT molecular complexity index is 855. The standard InChI is InChI=1S/C18H19ClF3N3O2S/c1-10-14-15(11-3-5-12(19)6-4-11)28-13(9-23-16(14)25(2)24-10)7-8-27-17(26)18(20,21)22/h3-6,13,15,23H,7-9H2,1-2H3. The maximum absolute atomic E-state index is 12.3. The van der Waals surface area contributed by atoms with Gasteiger partial charge in [0.05, 0.1) is 17.6 Å². The third-order valence-electron chi connectivity index (χ3n) is 4.43. The van der Waals surface area contributed by atoms with Crippen LogP contribution in [-0.4, -0.2) is 40.3 Å². The Balaban J connectivity index is 1.79. The molecule has 2 aromatic rings. The van der Waals surface area contributed by atoms with E-state index >= 15 is 0 Å². The second kappa shape index (κ2) is 8.24. The largest absolute Gasteiger partial charge is 0.490 e. The highest BCUT2D eigenvalue weighted by Crippen LogP contribution is 2.45. The molecule has 0 radical (unpaired) electrons. The molecule has 0 fully saturated rings. The zero-order valence-electron chi connectivity index (χ0n) is 15.2. The summed E-state index contributed by atoms with van der Waals surface area (Å²) in [6, 6.07) is 7.48. The number of fused-ring (bicyclic) bond motifs is 1. The molecule has 1 N–H and O–H groups in total. The quantitative estimate of drug-likeness (QED) is 0.720. The Morgan fingerprint density at radius 2 is 2.07 bits per heavy atom. The number of alkyl halides is 3. The molecule has 3 rings (SSSR count). The van der Waals surface area contributed by atoms with Crippen molar-refractivity contribution in [2.45, 2.75) is 30.0 Å². The van der Waals surface area contributed by atoms with Crippen molar-refractivity contribution < 1.29 is 22.7 Å². The molecule has 0 amide bonds. The zero-order chi connectivity index (χ0) is 20.5. The molecule has 1 aliphatic rings. The predicted octanol–water partition coefficient (Wildman–Crippen LogP) is 4.49. The molecular formula is C18H19ClF3N3O2S. The van der Waals surface area contributed by atoms with Crippen molar-refractivity contribution in [3.63, 3.8) is 0 Å². The number of hydrogen-bond donors (Lipinski definition) is 1. The lowest BCUT2D eigenvalue weighted by molar-refractivity contribution is -0.199. The number of carbonyl (C=O) groups excluding carboxylic acids is 1. The van der Waals surface area contributed by atoms with Crippen molar-refractivity contribution in [1.29, 1.82) is 0 Å². The van der Waals surface area contributed by atoms with Crippen molar-refractivity contribution in [3.8, 4) is 0 Å². The Morgan fingerprint density at radius 1 is 1.39 bits per heavy atom. The van der Waals surface area contributed by atoms with Crippen LogP contribution in [0.1, 0.15) is 28.5 Å². The van der Waals surface area contributed by atoms with Crippen molar-refractivity contribution in [2.75, 3.05) is 18.5 Å². The number of hydrogen-bond acceptors (Lipinski definition) is 5. The summed E-state index contributed by atoms with van der Waals surface area (Å²) in [7, 11) is 1.84. The van der Waals surface area contributed by atoms with Crippen LogP contribution in [0.3, 0.4) is 0 Å². The van der Waals surface area contributed by atoms with Crippen LogP contribution in [0.5, 0.6) is 0 Å². The third kappa shape index (κ3) is 4.57. The lowest BCUT2D eigenvalue weighted by atomic mass is 10.0. The molecule has 2 atom stereocenters. The summed E-state index contributed by atoms with van der Waals surface area (Å²) in [6.45, 7) is 2.15. The molecule has 1 aliphatic heterocycles. The highest BCUT2D eigenvalue weighted by molar-refractivity contribution is 8.00. The molecule has 0 saturated carbocycles. The molecule has 2 unspecified atom stereocenters. The summed E-state index contributed by atoms with van der Waals surface area (Å²) in [4.78, 5) is 10.9. The summed E-state index contributed by atoms with van der Waals surface area (Å²) in [6.07, 6.45) is -4.68. The van der Waals surface area contributed by atoms with E-state index in [0.29, 0.717) is 18.0 Å². The molecule has 2 heterocycles. The molecule has 0 bridgehead atoms. The van der Waals surface area contributed by atoms with Gasteiger partial charge in [-0.15, -0.1) is 11.8 Å². The fourth-order valence-electron chi connectivity index (χ4n) is 3.13. The first-order valence-electron chi connectivity index (χ1n) is 8.59. The molecule has 28 heavy (non-hydrogen) atoms. The second-order valence-electron chi connectivity index (χ2n) is 6.46. The van der Waals surface area contributed by atoms with Gasteiger partial charge in [-0.05, 0) is 31.0 Å². The monoisotopic (exact) mass is 433 g/mol. The summed E-state index contributed by atoms with van der Waals surface area (Å²) in [5.74, 6) is -1.28. The van der Waals surface area contributed by atoms with E-state index in [1.165, 1.54) is 0 Å². The normalized spacial score (nSPS) is 19.5. The molecule has 1 aromatic carbocycles. The number of nitrogens with one attached hydrogen (secondary N) is 1. The average Bonchev–Trinajstić information content (AvgIpc) is 2.79. The number of benzene rings is 1. The fraction of sp³-hybridized carbons (Fsp3) is 0.444. The van der Waals surface area contributed by atoms with Crippen molar-refractivity contribution in [2.24, 2.45) is 7.05 Å². The van der Waals surface area contributed by atoms with Gasteiger partial charge in [0.15, 0.2) is 0 Å². The minimum absolute atomic E-state index is 0.0616. The highest BCUT2D eigenvalue weighted by Gasteiger charge is 2.41. The Hall–Kier alpha value is -1.87. The van der Waals surface area contributed by atoms with Gasteiger partial charge in [0, 0.05) is 29.4 Å². The van der Waals surface area contributed by atoms with Crippen LogP contribution in [-0.2, 0) is 16.6 Å². The van der Waals surface area contributed by atoms with E-state index in [4.69, 9.17) is 11.6 Å². The first-order chi connectivity index (χ1) is 13.2. The van der Waals surface area contributed by atoms with Gasteiger partial charge in [-0.25, -0.2) is 4.79 Å². The van der Waals surface area contributed by atoms with Crippen molar-refractivity contribution in [1.82, 2.24) is 9.78 Å². The van der Waals surface area contributed by atoms with Crippen LogP contribution in [0.4, 0.5) is 19.0 Å². The number of rotatable bonds is 4. The summed E-state index contributed by atoms with van der Waals surface area (Å²) < 4.78 is 43.1. The molecular weight excluding hydrogens is 415 g/mol. The van der Waals surface area contributed by atoms with Crippen LogP contribution in [0.15, 0.2) is 24.3 Å². The van der Waals surface area contributed by atoms with E-state index in [2.05, 4.69) is 15.2 Å². The smallest absolute Gasteiger partial charge is 0.459 e. The molecule has 5 nitrogen and oxygen atoms in total. The van der Waals surface area contributed by atoms with E-state index in [9.17, 15) is 18.0 Å². The molecule has 0 aliphatic carbocycles. The minimum atomic E-state index is -4.97. The van der Waals surface area contributed by atoms with E-state index in [-0.39, 0.29) is 17.1 Å². The topological polar surface area (TPSA) is 56.2 Å². The Kier molecular flexibility index (Phi) is 6.14. The highest BCUT2D eigenvalue weighted by atomic mass is 35.5.